The van der Waals surface area contributed by atoms with Gasteiger partial charge in [0.25, 0.3) is 5.56 Å². The van der Waals surface area contributed by atoms with Crippen LogP contribution >= 0.6 is 0 Å². The average Bonchev–Trinajstić information content (AvgIpc) is 3.53. The number of nitrogens with zero attached hydrogens (tertiary/aromatic N) is 5. The first-order valence-corrected chi connectivity index (χ1v) is 14.0. The van der Waals surface area contributed by atoms with Crippen molar-refractivity contribution >= 4 is 29.2 Å². The SMILES string of the molecule is CCCCCn1c(-c2ccc(N3CCCC3=O)cc2)cn2c(=O)cc(N3CCC(C(=O)OCC)CC3)nc12. The fourth-order valence-corrected chi connectivity index (χ4v) is 5.55. The minimum absolute atomic E-state index is 0.0978. The highest BCUT2D eigenvalue weighted by atomic mass is 16.5. The maximum absolute atomic E-state index is 13.3. The lowest BCUT2D eigenvalue weighted by Gasteiger charge is -2.31. The lowest BCUT2D eigenvalue weighted by atomic mass is 9.97. The minimum atomic E-state index is -0.134. The molecule has 2 saturated heterocycles. The summed E-state index contributed by atoms with van der Waals surface area (Å²) in [5, 5.41) is 0. The fraction of sp³-hybridized carbons (Fsp3) is 0.517. The number of benzene rings is 1. The predicted octanol–water partition coefficient (Wildman–Crippen LogP) is 4.26. The first-order valence-electron chi connectivity index (χ1n) is 14.0. The van der Waals surface area contributed by atoms with Gasteiger partial charge in [-0.05, 0) is 50.3 Å². The summed E-state index contributed by atoms with van der Waals surface area (Å²) in [6.07, 6.45) is 7.92. The zero-order valence-electron chi connectivity index (χ0n) is 22.4. The van der Waals surface area contributed by atoms with E-state index in [1.54, 1.807) is 10.5 Å². The standard InChI is InChI=1S/C29H37N5O4/c1-3-5-6-15-33-24(21-9-11-23(12-10-21)32-16-7-8-26(32)35)20-34-27(36)19-25(30-29(33)34)31-17-13-22(14-18-31)28(37)38-4-2/h9-12,19-20,22H,3-8,13-18H2,1-2H3. The van der Waals surface area contributed by atoms with E-state index in [0.29, 0.717) is 50.6 Å². The Morgan fingerprint density at radius 3 is 2.47 bits per heavy atom. The molecule has 0 bridgehead atoms. The van der Waals surface area contributed by atoms with Crippen LogP contribution in [0.3, 0.4) is 0 Å². The summed E-state index contributed by atoms with van der Waals surface area (Å²) in [6, 6.07) is 9.62. The first-order chi connectivity index (χ1) is 18.5. The molecule has 0 unspecified atom stereocenters. The van der Waals surface area contributed by atoms with Gasteiger partial charge in [0.2, 0.25) is 11.7 Å². The molecule has 2 aliphatic rings. The molecule has 1 amide bonds. The molecule has 0 aliphatic carbocycles. The number of rotatable bonds is 9. The molecule has 0 N–H and O–H groups in total. The fourth-order valence-electron chi connectivity index (χ4n) is 5.55. The molecule has 0 saturated carbocycles. The van der Waals surface area contributed by atoms with Crippen LogP contribution in [0.15, 0.2) is 41.3 Å². The summed E-state index contributed by atoms with van der Waals surface area (Å²) < 4.78 is 8.97. The van der Waals surface area contributed by atoms with Crippen molar-refractivity contribution in [2.75, 3.05) is 36.0 Å². The Morgan fingerprint density at radius 2 is 1.82 bits per heavy atom. The zero-order valence-corrected chi connectivity index (χ0v) is 22.4. The Labute approximate surface area is 223 Å². The Hall–Kier alpha value is -3.62. The number of ether oxygens (including phenoxy) is 1. The van der Waals surface area contributed by atoms with E-state index >= 15 is 0 Å². The molecule has 0 atom stereocenters. The van der Waals surface area contributed by atoms with Crippen LogP contribution in [0.25, 0.3) is 17.0 Å². The van der Waals surface area contributed by atoms with E-state index < -0.39 is 0 Å². The van der Waals surface area contributed by atoms with Crippen LogP contribution in [0.4, 0.5) is 11.5 Å². The molecule has 5 rings (SSSR count). The Balaban J connectivity index is 1.46. The van der Waals surface area contributed by atoms with E-state index in [9.17, 15) is 14.4 Å². The smallest absolute Gasteiger partial charge is 0.309 e. The highest BCUT2D eigenvalue weighted by Gasteiger charge is 2.27. The van der Waals surface area contributed by atoms with Gasteiger partial charge in [0.1, 0.15) is 5.82 Å². The molecule has 3 aromatic rings. The van der Waals surface area contributed by atoms with Gasteiger partial charge in [0.15, 0.2) is 0 Å². The number of carbonyl (C=O) groups is 2. The molecule has 2 aliphatic heterocycles. The number of fused-ring (bicyclic) bond motifs is 1. The number of esters is 1. The van der Waals surface area contributed by atoms with Crippen LogP contribution in [0.2, 0.25) is 0 Å². The number of aromatic nitrogens is 3. The summed E-state index contributed by atoms with van der Waals surface area (Å²) in [4.78, 5) is 46.5. The van der Waals surface area contributed by atoms with Crippen LogP contribution in [0.1, 0.15) is 58.8 Å². The number of unbranched alkanes of at least 4 members (excludes halogenated alkanes) is 2. The zero-order chi connectivity index (χ0) is 26.6. The van der Waals surface area contributed by atoms with E-state index in [4.69, 9.17) is 9.72 Å². The number of hydrogen-bond acceptors (Lipinski definition) is 6. The third-order valence-electron chi connectivity index (χ3n) is 7.68. The summed E-state index contributed by atoms with van der Waals surface area (Å²) in [5.41, 5.74) is 2.71. The maximum atomic E-state index is 13.3. The lowest BCUT2D eigenvalue weighted by molar-refractivity contribution is -0.148. The largest absolute Gasteiger partial charge is 0.466 e. The summed E-state index contributed by atoms with van der Waals surface area (Å²) in [7, 11) is 0. The Bertz CT molecular complexity index is 1350. The number of carbonyl (C=O) groups excluding carboxylic acids is 2. The molecule has 1 aromatic carbocycles. The summed E-state index contributed by atoms with van der Waals surface area (Å²) in [6.45, 7) is 7.23. The summed E-state index contributed by atoms with van der Waals surface area (Å²) in [5.74, 6) is 1.22. The van der Waals surface area contributed by atoms with Gasteiger partial charge in [-0.1, -0.05) is 31.9 Å². The monoisotopic (exact) mass is 519 g/mol. The highest BCUT2D eigenvalue weighted by molar-refractivity contribution is 5.95. The van der Waals surface area contributed by atoms with E-state index in [1.807, 2.05) is 42.3 Å². The molecule has 202 valence electrons. The van der Waals surface area contributed by atoms with Crippen molar-refractivity contribution in [3.8, 4) is 11.3 Å². The molecular formula is C29H37N5O4. The first kappa shape index (κ1) is 26.0. The molecular weight excluding hydrogens is 482 g/mol. The van der Waals surface area contributed by atoms with Crippen LogP contribution < -0.4 is 15.4 Å². The van der Waals surface area contributed by atoms with E-state index in [0.717, 1.165) is 55.7 Å². The predicted molar refractivity (Wildman–Crippen MR) is 148 cm³/mol. The van der Waals surface area contributed by atoms with Gasteiger partial charge in [-0.25, -0.2) is 0 Å². The molecule has 9 heteroatoms. The van der Waals surface area contributed by atoms with Gasteiger partial charge >= 0.3 is 5.97 Å². The highest BCUT2D eigenvalue weighted by Crippen LogP contribution is 2.29. The maximum Gasteiger partial charge on any atom is 0.309 e. The number of hydrogen-bond donors (Lipinski definition) is 0. The molecule has 4 heterocycles. The van der Waals surface area contributed by atoms with Crippen LogP contribution in [0.5, 0.6) is 0 Å². The van der Waals surface area contributed by atoms with Gasteiger partial charge in [-0.15, -0.1) is 0 Å². The normalized spacial score (nSPS) is 16.5. The molecule has 2 fully saturated rings. The number of amides is 1. The van der Waals surface area contributed by atoms with Gasteiger partial charge < -0.3 is 19.1 Å². The lowest BCUT2D eigenvalue weighted by Crippen LogP contribution is -2.38. The van der Waals surface area contributed by atoms with Crippen molar-refractivity contribution in [2.24, 2.45) is 5.92 Å². The number of piperidine rings is 1. The van der Waals surface area contributed by atoms with Crippen LogP contribution in [-0.4, -0.2) is 52.1 Å². The second kappa shape index (κ2) is 11.4. The molecule has 9 nitrogen and oxygen atoms in total. The topological polar surface area (TPSA) is 89.2 Å². The Morgan fingerprint density at radius 1 is 1.05 bits per heavy atom. The van der Waals surface area contributed by atoms with Crippen molar-refractivity contribution < 1.29 is 14.3 Å². The van der Waals surface area contributed by atoms with Crippen molar-refractivity contribution in [2.45, 2.75) is 65.3 Å². The van der Waals surface area contributed by atoms with Crippen LogP contribution in [0, 0.1) is 5.92 Å². The molecule has 38 heavy (non-hydrogen) atoms. The molecule has 0 spiro atoms. The number of imidazole rings is 1. The quantitative estimate of drug-likeness (QED) is 0.310. The molecule has 0 radical (unpaired) electrons. The summed E-state index contributed by atoms with van der Waals surface area (Å²) >= 11 is 0. The average molecular weight is 520 g/mol. The number of aryl methyl sites for hydroxylation is 1. The van der Waals surface area contributed by atoms with E-state index in [2.05, 4.69) is 16.4 Å². The van der Waals surface area contributed by atoms with Gasteiger partial charge in [-0.2, -0.15) is 4.98 Å². The number of anilines is 2. The minimum Gasteiger partial charge on any atom is -0.466 e. The van der Waals surface area contributed by atoms with Crippen molar-refractivity contribution in [3.05, 3.63) is 46.9 Å². The van der Waals surface area contributed by atoms with Gasteiger partial charge in [-0.3, -0.25) is 18.8 Å². The van der Waals surface area contributed by atoms with Crippen molar-refractivity contribution in [1.29, 1.82) is 0 Å². The van der Waals surface area contributed by atoms with E-state index in [-0.39, 0.29) is 23.4 Å². The van der Waals surface area contributed by atoms with Gasteiger partial charge in [0, 0.05) is 50.6 Å². The van der Waals surface area contributed by atoms with Gasteiger partial charge in [0.05, 0.1) is 18.2 Å². The molecule has 2 aromatic heterocycles. The van der Waals surface area contributed by atoms with Crippen molar-refractivity contribution in [3.63, 3.8) is 0 Å². The Kier molecular flexibility index (Phi) is 7.81. The van der Waals surface area contributed by atoms with Crippen molar-refractivity contribution in [1.82, 2.24) is 14.0 Å². The van der Waals surface area contributed by atoms with Crippen LogP contribution in [-0.2, 0) is 20.9 Å². The third-order valence-corrected chi connectivity index (χ3v) is 7.68. The second-order valence-corrected chi connectivity index (χ2v) is 10.2. The second-order valence-electron chi connectivity index (χ2n) is 10.2. The van der Waals surface area contributed by atoms with E-state index in [1.165, 1.54) is 0 Å². The third kappa shape index (κ3) is 5.19.